The number of nitrogens with zero attached hydrogens (tertiary/aromatic N) is 1. The van der Waals surface area contributed by atoms with E-state index in [1.165, 1.54) is 18.4 Å². The molecule has 128 valence electrons. The highest BCUT2D eigenvalue weighted by Gasteiger charge is 2.28. The Hall–Kier alpha value is -1.10. The van der Waals surface area contributed by atoms with Gasteiger partial charge in [-0.1, -0.05) is 37.3 Å². The largest absolute Gasteiger partial charge is 0.354 e. The number of hydrogen-bond donors (Lipinski definition) is 2. The molecule has 0 aromatic heterocycles. The molecule has 1 amide bonds. The van der Waals surface area contributed by atoms with Gasteiger partial charge in [-0.05, 0) is 37.4 Å². The van der Waals surface area contributed by atoms with Crippen LogP contribution in [0.2, 0.25) is 0 Å². The summed E-state index contributed by atoms with van der Waals surface area (Å²) < 4.78 is 0. The molecule has 4 nitrogen and oxygen atoms in total. The van der Waals surface area contributed by atoms with Gasteiger partial charge in [-0.15, -0.1) is 12.4 Å². The van der Waals surface area contributed by atoms with Crippen LogP contribution in [0.25, 0.3) is 0 Å². The average Bonchev–Trinajstić information content (AvgIpc) is 2.48. The van der Waals surface area contributed by atoms with Crippen LogP contribution in [-0.4, -0.2) is 43.5 Å². The number of amides is 1. The minimum atomic E-state index is 0. The second-order valence-corrected chi connectivity index (χ2v) is 6.75. The Bertz CT molecular complexity index is 484. The molecule has 1 unspecified atom stereocenters. The lowest BCUT2D eigenvalue weighted by Gasteiger charge is -2.37. The van der Waals surface area contributed by atoms with E-state index in [-0.39, 0.29) is 24.2 Å². The number of carbonyl (C=O) groups excluding carboxylic acids is 1. The maximum absolute atomic E-state index is 12.1. The van der Waals surface area contributed by atoms with Crippen LogP contribution in [0.15, 0.2) is 30.3 Å². The number of nitrogens with one attached hydrogen (secondary N) is 2. The number of benzene rings is 1. The smallest absolute Gasteiger partial charge is 0.225 e. The van der Waals surface area contributed by atoms with Gasteiger partial charge >= 0.3 is 0 Å². The van der Waals surface area contributed by atoms with E-state index in [0.29, 0.717) is 12.6 Å². The molecular weight excluding hydrogens is 310 g/mol. The van der Waals surface area contributed by atoms with Crippen LogP contribution in [0.3, 0.4) is 0 Å². The molecule has 2 N–H and O–H groups in total. The van der Waals surface area contributed by atoms with Gasteiger partial charge in [0.25, 0.3) is 0 Å². The maximum atomic E-state index is 12.1. The first-order valence-electron chi connectivity index (χ1n) is 8.51. The number of rotatable bonds is 5. The molecule has 2 aliphatic rings. The molecule has 2 saturated heterocycles. The summed E-state index contributed by atoms with van der Waals surface area (Å²) in [5.41, 5.74) is 1.31. The molecule has 0 aliphatic carbocycles. The average molecular weight is 338 g/mol. The van der Waals surface area contributed by atoms with E-state index in [2.05, 4.69) is 52.8 Å². The van der Waals surface area contributed by atoms with Gasteiger partial charge in [0.2, 0.25) is 5.91 Å². The Morgan fingerprint density at radius 2 is 1.91 bits per heavy atom. The highest BCUT2D eigenvalue weighted by atomic mass is 35.5. The number of halogens is 1. The molecule has 1 aromatic rings. The number of piperidine rings is 1. The third-order valence-corrected chi connectivity index (χ3v) is 5.07. The van der Waals surface area contributed by atoms with Crippen molar-refractivity contribution in [2.24, 2.45) is 11.8 Å². The lowest BCUT2D eigenvalue weighted by Crippen LogP contribution is -2.52. The third-order valence-electron chi connectivity index (χ3n) is 5.07. The Morgan fingerprint density at radius 1 is 1.26 bits per heavy atom. The van der Waals surface area contributed by atoms with Crippen molar-refractivity contribution in [3.63, 3.8) is 0 Å². The van der Waals surface area contributed by atoms with E-state index in [1.54, 1.807) is 0 Å². The zero-order valence-electron chi connectivity index (χ0n) is 13.8. The van der Waals surface area contributed by atoms with Gasteiger partial charge in [-0.25, -0.2) is 0 Å². The van der Waals surface area contributed by atoms with Gasteiger partial charge in [0.15, 0.2) is 0 Å². The normalized spacial score (nSPS) is 21.1. The third kappa shape index (κ3) is 4.69. The zero-order chi connectivity index (χ0) is 15.4. The number of carbonyl (C=O) groups is 1. The van der Waals surface area contributed by atoms with Crippen molar-refractivity contribution < 1.29 is 4.79 Å². The molecule has 1 aromatic carbocycles. The minimum Gasteiger partial charge on any atom is -0.354 e. The van der Waals surface area contributed by atoms with Crippen LogP contribution < -0.4 is 10.6 Å². The van der Waals surface area contributed by atoms with Gasteiger partial charge in [0.1, 0.15) is 0 Å². The number of hydrogen-bond acceptors (Lipinski definition) is 3. The SMILES string of the molecule is CC1CCN(C(CNC(=O)C2CNC2)c2ccccc2)CC1.Cl. The van der Waals surface area contributed by atoms with Crippen molar-refractivity contribution in [3.05, 3.63) is 35.9 Å². The highest BCUT2D eigenvalue weighted by molar-refractivity contribution is 5.85. The van der Waals surface area contributed by atoms with Gasteiger partial charge in [0.05, 0.1) is 12.0 Å². The fourth-order valence-electron chi connectivity index (χ4n) is 3.29. The van der Waals surface area contributed by atoms with Gasteiger partial charge in [-0.2, -0.15) is 0 Å². The summed E-state index contributed by atoms with van der Waals surface area (Å²) in [6, 6.07) is 10.9. The Morgan fingerprint density at radius 3 is 2.48 bits per heavy atom. The van der Waals surface area contributed by atoms with Crippen LogP contribution in [-0.2, 0) is 4.79 Å². The van der Waals surface area contributed by atoms with E-state index in [0.717, 1.165) is 32.1 Å². The summed E-state index contributed by atoms with van der Waals surface area (Å²) in [7, 11) is 0. The fourth-order valence-corrected chi connectivity index (χ4v) is 3.29. The highest BCUT2D eigenvalue weighted by Crippen LogP contribution is 2.26. The quantitative estimate of drug-likeness (QED) is 0.866. The monoisotopic (exact) mass is 337 g/mol. The summed E-state index contributed by atoms with van der Waals surface area (Å²) in [4.78, 5) is 14.7. The van der Waals surface area contributed by atoms with Crippen molar-refractivity contribution in [1.29, 1.82) is 0 Å². The van der Waals surface area contributed by atoms with E-state index in [9.17, 15) is 4.79 Å². The molecule has 0 spiro atoms. The Labute approximate surface area is 145 Å². The van der Waals surface area contributed by atoms with Crippen LogP contribution in [0.1, 0.15) is 31.4 Å². The van der Waals surface area contributed by atoms with Gasteiger partial charge in [0, 0.05) is 19.6 Å². The predicted octanol–water partition coefficient (Wildman–Crippen LogP) is 2.22. The number of likely N-dealkylation sites (tertiary alicyclic amines) is 1. The lowest BCUT2D eigenvalue weighted by atomic mass is 9.95. The standard InChI is InChI=1S/C18H27N3O.ClH/c1-14-7-9-21(10-8-14)17(15-5-3-2-4-6-15)13-20-18(22)16-11-19-12-16;/h2-6,14,16-17,19H,7-13H2,1H3,(H,20,22);1H. The summed E-state index contributed by atoms with van der Waals surface area (Å²) >= 11 is 0. The minimum absolute atomic E-state index is 0. The molecule has 2 fully saturated rings. The molecule has 3 rings (SSSR count). The summed E-state index contributed by atoms with van der Waals surface area (Å²) in [6.07, 6.45) is 2.51. The van der Waals surface area contributed by atoms with Crippen molar-refractivity contribution in [2.75, 3.05) is 32.7 Å². The molecule has 2 heterocycles. The molecule has 0 bridgehead atoms. The van der Waals surface area contributed by atoms with Gasteiger partial charge < -0.3 is 10.6 Å². The van der Waals surface area contributed by atoms with Crippen LogP contribution in [0.5, 0.6) is 0 Å². The molecule has 23 heavy (non-hydrogen) atoms. The van der Waals surface area contributed by atoms with Crippen LogP contribution >= 0.6 is 12.4 Å². The molecule has 0 radical (unpaired) electrons. The first kappa shape index (κ1) is 18.2. The zero-order valence-corrected chi connectivity index (χ0v) is 14.6. The van der Waals surface area contributed by atoms with Crippen LogP contribution in [0, 0.1) is 11.8 Å². The molecule has 2 aliphatic heterocycles. The van der Waals surface area contributed by atoms with Crippen molar-refractivity contribution in [3.8, 4) is 0 Å². The second kappa shape index (κ2) is 8.67. The van der Waals surface area contributed by atoms with E-state index in [1.807, 2.05) is 0 Å². The van der Waals surface area contributed by atoms with E-state index in [4.69, 9.17) is 0 Å². The molecule has 0 saturated carbocycles. The first-order chi connectivity index (χ1) is 10.7. The molecular formula is C18H28ClN3O. The summed E-state index contributed by atoms with van der Waals surface area (Å²) in [5, 5.41) is 6.33. The fraction of sp³-hybridized carbons (Fsp3) is 0.611. The first-order valence-corrected chi connectivity index (χ1v) is 8.51. The van der Waals surface area contributed by atoms with Gasteiger partial charge in [-0.3, -0.25) is 9.69 Å². The predicted molar refractivity (Wildman–Crippen MR) is 95.8 cm³/mol. The van der Waals surface area contributed by atoms with E-state index >= 15 is 0 Å². The molecule has 5 heteroatoms. The Balaban J connectivity index is 0.00000192. The van der Waals surface area contributed by atoms with E-state index < -0.39 is 0 Å². The van der Waals surface area contributed by atoms with Crippen molar-refractivity contribution >= 4 is 18.3 Å². The summed E-state index contributed by atoms with van der Waals surface area (Å²) in [6.45, 7) is 6.95. The van der Waals surface area contributed by atoms with Crippen molar-refractivity contribution in [2.45, 2.75) is 25.8 Å². The Kier molecular flexibility index (Phi) is 6.88. The van der Waals surface area contributed by atoms with Crippen LogP contribution in [0.4, 0.5) is 0 Å². The second-order valence-electron chi connectivity index (χ2n) is 6.75. The lowest BCUT2D eigenvalue weighted by molar-refractivity contribution is -0.126. The summed E-state index contributed by atoms with van der Waals surface area (Å²) in [5.74, 6) is 1.19. The maximum Gasteiger partial charge on any atom is 0.225 e. The van der Waals surface area contributed by atoms with Crippen molar-refractivity contribution in [1.82, 2.24) is 15.5 Å². The molecule has 1 atom stereocenters. The topological polar surface area (TPSA) is 44.4 Å².